The summed E-state index contributed by atoms with van der Waals surface area (Å²) in [6.07, 6.45) is 5.03. The number of fused-ring (bicyclic) bond motifs is 1. The third kappa shape index (κ3) is 5.72. The molecule has 0 saturated heterocycles. The Balaban J connectivity index is 1.50. The van der Waals surface area contributed by atoms with Crippen LogP contribution in [0.15, 0.2) is 79.1 Å². The van der Waals surface area contributed by atoms with E-state index >= 15 is 0 Å². The summed E-state index contributed by atoms with van der Waals surface area (Å²) < 4.78 is 14.2. The lowest BCUT2D eigenvalue weighted by Crippen LogP contribution is -2.24. The summed E-state index contributed by atoms with van der Waals surface area (Å²) in [5.41, 5.74) is 7.48. The number of nitrogens with one attached hydrogen (secondary N) is 1. The van der Waals surface area contributed by atoms with E-state index in [1.165, 1.54) is 12.4 Å². The Kier molecular flexibility index (Phi) is 8.16. The van der Waals surface area contributed by atoms with E-state index in [0.29, 0.717) is 29.3 Å². The van der Waals surface area contributed by atoms with Gasteiger partial charge in [0.2, 0.25) is 6.29 Å². The van der Waals surface area contributed by atoms with Gasteiger partial charge in [0.1, 0.15) is 17.0 Å². The highest BCUT2D eigenvalue weighted by Crippen LogP contribution is 2.34. The molecule has 0 amide bonds. The Labute approximate surface area is 248 Å². The molecule has 43 heavy (non-hydrogen) atoms. The van der Waals surface area contributed by atoms with Crippen molar-refractivity contribution in [3.05, 3.63) is 101 Å². The molecular weight excluding hydrogens is 544 g/mol. The maximum absolute atomic E-state index is 12.2. The van der Waals surface area contributed by atoms with Gasteiger partial charge in [0.15, 0.2) is 23.9 Å². The Morgan fingerprint density at radius 3 is 2.47 bits per heavy atom. The Hall–Kier alpha value is -5.00. The molecule has 4 aromatic heterocycles. The van der Waals surface area contributed by atoms with Crippen LogP contribution in [0.5, 0.6) is 0 Å². The first-order valence-electron chi connectivity index (χ1n) is 14.2. The number of methoxy groups -OCH3 is 2. The molecular formula is C32H32N8O3. The second kappa shape index (κ2) is 12.5. The van der Waals surface area contributed by atoms with Crippen LogP contribution in [-0.4, -0.2) is 49.4 Å². The maximum Gasteiger partial charge on any atom is 0.201 e. The molecule has 218 valence electrons. The molecule has 2 aromatic carbocycles. The average Bonchev–Trinajstić information content (AvgIpc) is 3.69. The zero-order valence-corrected chi connectivity index (χ0v) is 24.3. The molecule has 6 aromatic rings. The molecule has 1 N–H and O–H groups in total. The number of rotatable bonds is 11. The summed E-state index contributed by atoms with van der Waals surface area (Å²) in [6.45, 7) is 2.69. The van der Waals surface area contributed by atoms with E-state index in [1.807, 2.05) is 30.3 Å². The Morgan fingerprint density at radius 1 is 0.930 bits per heavy atom. The number of aryl methyl sites for hydroxylation is 1. The molecule has 0 atom stereocenters. The smallest absolute Gasteiger partial charge is 0.201 e. The highest BCUT2D eigenvalue weighted by atomic mass is 16.7. The normalized spacial score (nSPS) is 11.5. The lowest BCUT2D eigenvalue weighted by atomic mass is 9.97. The van der Waals surface area contributed by atoms with Crippen LogP contribution in [0.2, 0.25) is 0 Å². The topological polar surface area (TPSA) is 131 Å². The van der Waals surface area contributed by atoms with E-state index in [1.54, 1.807) is 20.3 Å². The van der Waals surface area contributed by atoms with Crippen molar-refractivity contribution in [1.29, 1.82) is 0 Å². The first-order chi connectivity index (χ1) is 21.1. The number of aromatic amines is 1. The third-order valence-electron chi connectivity index (χ3n) is 7.43. The minimum absolute atomic E-state index is 0.529. The van der Waals surface area contributed by atoms with Crippen molar-refractivity contribution in [2.45, 2.75) is 39.0 Å². The molecule has 11 nitrogen and oxygen atoms in total. The molecule has 0 aliphatic rings. The second-order valence-corrected chi connectivity index (χ2v) is 10.2. The first-order valence-corrected chi connectivity index (χ1v) is 14.2. The quantitative estimate of drug-likeness (QED) is 0.126. The van der Waals surface area contributed by atoms with Crippen molar-refractivity contribution in [1.82, 2.24) is 35.2 Å². The van der Waals surface area contributed by atoms with E-state index in [2.05, 4.69) is 62.4 Å². The van der Waals surface area contributed by atoms with Gasteiger partial charge in [0, 0.05) is 43.4 Å². The highest BCUT2D eigenvalue weighted by molar-refractivity contribution is 5.82. The molecule has 0 radical (unpaired) electrons. The Morgan fingerprint density at radius 2 is 1.74 bits per heavy atom. The number of hydrogen-bond donors (Lipinski definition) is 1. The fraction of sp³-hybridized carbons (Fsp3) is 0.250. The molecule has 0 fully saturated rings. The zero-order valence-electron chi connectivity index (χ0n) is 24.3. The van der Waals surface area contributed by atoms with E-state index in [9.17, 15) is 5.21 Å². The minimum Gasteiger partial charge on any atom is -0.619 e. The van der Waals surface area contributed by atoms with E-state index < -0.39 is 6.29 Å². The van der Waals surface area contributed by atoms with Gasteiger partial charge < -0.3 is 19.2 Å². The monoisotopic (exact) mass is 576 g/mol. The van der Waals surface area contributed by atoms with Gasteiger partial charge in [-0.2, -0.15) is 4.73 Å². The van der Waals surface area contributed by atoms with Crippen molar-refractivity contribution in [3.63, 3.8) is 0 Å². The summed E-state index contributed by atoms with van der Waals surface area (Å²) in [5.74, 6) is 1.52. The third-order valence-corrected chi connectivity index (χ3v) is 7.43. The lowest BCUT2D eigenvalue weighted by molar-refractivity contribution is -0.604. The number of ether oxygens (including phenoxy) is 2. The summed E-state index contributed by atoms with van der Waals surface area (Å²) in [7, 11) is 3.14. The number of benzene rings is 2. The van der Waals surface area contributed by atoms with Crippen molar-refractivity contribution < 1.29 is 14.2 Å². The summed E-state index contributed by atoms with van der Waals surface area (Å²) in [5, 5.41) is 26.9. The first kappa shape index (κ1) is 28.1. The van der Waals surface area contributed by atoms with Gasteiger partial charge in [0.05, 0.1) is 6.54 Å². The van der Waals surface area contributed by atoms with Crippen LogP contribution in [0.25, 0.3) is 44.8 Å². The number of unbranched alkanes of at least 4 members (excludes halogenated alkanes) is 1. The number of imidazole rings is 1. The van der Waals surface area contributed by atoms with Crippen molar-refractivity contribution in [2.24, 2.45) is 0 Å². The van der Waals surface area contributed by atoms with Gasteiger partial charge in [-0.05, 0) is 51.7 Å². The molecule has 0 bridgehead atoms. The van der Waals surface area contributed by atoms with Crippen LogP contribution in [0.3, 0.4) is 0 Å². The van der Waals surface area contributed by atoms with E-state index in [-0.39, 0.29) is 0 Å². The number of tetrazole rings is 1. The van der Waals surface area contributed by atoms with Gasteiger partial charge in [-0.25, -0.2) is 15.1 Å². The van der Waals surface area contributed by atoms with Crippen LogP contribution in [0, 0.1) is 5.21 Å². The summed E-state index contributed by atoms with van der Waals surface area (Å²) >= 11 is 0. The number of hydrogen-bond acceptors (Lipinski definition) is 8. The van der Waals surface area contributed by atoms with Crippen molar-refractivity contribution in [2.75, 3.05) is 14.2 Å². The highest BCUT2D eigenvalue weighted by Gasteiger charge is 2.23. The minimum atomic E-state index is -0.738. The van der Waals surface area contributed by atoms with E-state index in [0.717, 1.165) is 63.2 Å². The molecule has 0 aliphatic carbocycles. The van der Waals surface area contributed by atoms with Crippen molar-refractivity contribution >= 4 is 11.2 Å². The average molecular weight is 577 g/mol. The van der Waals surface area contributed by atoms with Crippen LogP contribution in [-0.2, 0) is 22.4 Å². The second-order valence-electron chi connectivity index (χ2n) is 10.2. The van der Waals surface area contributed by atoms with Crippen LogP contribution >= 0.6 is 0 Å². The van der Waals surface area contributed by atoms with Gasteiger partial charge in [-0.1, -0.05) is 55.8 Å². The predicted molar refractivity (Wildman–Crippen MR) is 161 cm³/mol. The molecule has 6 rings (SSSR count). The molecule has 0 spiro atoms. The molecule has 0 unspecified atom stereocenters. The number of nitrogens with zero attached hydrogens (tertiary/aromatic N) is 7. The largest absolute Gasteiger partial charge is 0.619 e. The lowest BCUT2D eigenvalue weighted by Gasteiger charge is -2.17. The van der Waals surface area contributed by atoms with E-state index in [4.69, 9.17) is 19.4 Å². The SMILES string of the molecule is CCCCc1nc2cc(-c3ccc[n+]([O-])c3)c(C(OC)OC)nc2n1Cc1ccc(-c2ccccc2)c(-c2nnn[nH]2)c1. The predicted octanol–water partition coefficient (Wildman–Crippen LogP) is 5.26. The van der Waals surface area contributed by atoms with Gasteiger partial charge in [0.25, 0.3) is 0 Å². The number of pyridine rings is 2. The van der Waals surface area contributed by atoms with Crippen LogP contribution < -0.4 is 4.73 Å². The van der Waals surface area contributed by atoms with Gasteiger partial charge >= 0.3 is 0 Å². The fourth-order valence-electron chi connectivity index (χ4n) is 5.36. The Bertz CT molecular complexity index is 1830. The zero-order chi connectivity index (χ0) is 29.8. The summed E-state index contributed by atoms with van der Waals surface area (Å²) in [6, 6.07) is 22.0. The molecule has 11 heteroatoms. The molecule has 0 aliphatic heterocycles. The number of aromatic nitrogens is 8. The fourth-order valence-corrected chi connectivity index (χ4v) is 5.36. The van der Waals surface area contributed by atoms with Gasteiger partial charge in [-0.15, -0.1) is 5.10 Å². The van der Waals surface area contributed by atoms with Crippen molar-refractivity contribution in [3.8, 4) is 33.6 Å². The summed E-state index contributed by atoms with van der Waals surface area (Å²) in [4.78, 5) is 10.1. The van der Waals surface area contributed by atoms with Gasteiger partial charge in [-0.3, -0.25) is 0 Å². The number of H-pyrrole nitrogens is 1. The molecule has 4 heterocycles. The van der Waals surface area contributed by atoms with Crippen LogP contribution in [0.4, 0.5) is 0 Å². The maximum atomic E-state index is 12.2. The molecule has 0 saturated carbocycles. The van der Waals surface area contributed by atoms with Crippen LogP contribution in [0.1, 0.15) is 43.1 Å². The standard InChI is InChI=1S/C32H32N8O3/c1-4-5-13-28-33-27-18-25(23-12-9-16-39(41)20-23)29(32(42-2)43-3)34-31(27)40(28)19-21-14-15-24(22-10-7-6-8-11-22)26(17-21)30-35-37-38-36-30/h6-12,14-18,20,32H,4-5,13,19H2,1-3H3,(H,35,36,37,38).